The summed E-state index contributed by atoms with van der Waals surface area (Å²) < 4.78 is 45.1. The van der Waals surface area contributed by atoms with Gasteiger partial charge in [0.15, 0.2) is 11.5 Å². The number of sulfonamides is 1. The van der Waals surface area contributed by atoms with Gasteiger partial charge in [0.25, 0.3) is 5.91 Å². The highest BCUT2D eigenvalue weighted by Crippen LogP contribution is 2.29. The number of rotatable bonds is 13. The summed E-state index contributed by atoms with van der Waals surface area (Å²) in [6, 6.07) is 8.83. The monoisotopic (exact) mass is 549 g/mol. The van der Waals surface area contributed by atoms with Gasteiger partial charge in [-0.05, 0) is 50.6 Å². The number of benzene rings is 2. The average Bonchev–Trinajstić information content (AvgIpc) is 3.31. The Kier molecular flexibility index (Phi) is 10.4. The number of carbonyl (C=O) groups excluding carboxylic acids is 1. The highest BCUT2D eigenvalue weighted by atomic mass is 32.2. The largest absolute Gasteiger partial charge is 0.508 e. The molecule has 0 aromatic heterocycles. The van der Waals surface area contributed by atoms with Gasteiger partial charge in [0.1, 0.15) is 5.75 Å². The van der Waals surface area contributed by atoms with Crippen molar-refractivity contribution in [3.63, 3.8) is 0 Å². The van der Waals surface area contributed by atoms with Gasteiger partial charge in [0, 0.05) is 69.4 Å². The Bertz CT molecular complexity index is 1200. The molecule has 2 aromatic rings. The van der Waals surface area contributed by atoms with Crippen LogP contribution in [0.1, 0.15) is 36.2 Å². The van der Waals surface area contributed by atoms with Gasteiger partial charge in [0.2, 0.25) is 10.0 Å². The lowest BCUT2D eigenvalue weighted by molar-refractivity contribution is 0.0671. The van der Waals surface area contributed by atoms with E-state index >= 15 is 0 Å². The first-order valence-electron chi connectivity index (χ1n) is 12.7. The number of carbonyl (C=O) groups is 1. The minimum absolute atomic E-state index is 0.000645. The van der Waals surface area contributed by atoms with E-state index in [2.05, 4.69) is 10.0 Å². The molecule has 0 spiro atoms. The number of hydrogen-bond acceptors (Lipinski definition) is 8. The number of ether oxygens (including phenoxy) is 3. The minimum atomic E-state index is -3.86. The Labute approximate surface area is 225 Å². The summed E-state index contributed by atoms with van der Waals surface area (Å²) in [6.07, 6.45) is 0.699. The van der Waals surface area contributed by atoms with Crippen molar-refractivity contribution in [2.24, 2.45) is 5.92 Å². The van der Waals surface area contributed by atoms with E-state index in [-0.39, 0.29) is 28.5 Å². The summed E-state index contributed by atoms with van der Waals surface area (Å²) in [5.74, 6) is 0.603. The molecule has 0 aliphatic carbocycles. The first-order valence-corrected chi connectivity index (χ1v) is 14.2. The number of methoxy groups -OCH3 is 2. The lowest BCUT2D eigenvalue weighted by atomic mass is 10.0. The summed E-state index contributed by atoms with van der Waals surface area (Å²) in [5.41, 5.74) is 1.05. The molecule has 1 heterocycles. The smallest absolute Gasteiger partial charge is 0.254 e. The Balaban J connectivity index is 1.75. The molecule has 1 fully saturated rings. The number of nitrogens with one attached hydrogen (secondary N) is 2. The zero-order chi connectivity index (χ0) is 27.9. The second-order valence-electron chi connectivity index (χ2n) is 9.71. The normalized spacial score (nSPS) is 17.5. The molecule has 10 nitrogen and oxygen atoms in total. The summed E-state index contributed by atoms with van der Waals surface area (Å²) >= 11 is 0. The van der Waals surface area contributed by atoms with Gasteiger partial charge in [-0.25, -0.2) is 13.1 Å². The predicted octanol–water partition coefficient (Wildman–Crippen LogP) is 2.54. The van der Waals surface area contributed by atoms with Crippen LogP contribution in [-0.2, 0) is 14.8 Å². The van der Waals surface area contributed by atoms with Crippen LogP contribution in [0, 0.1) is 12.8 Å². The van der Waals surface area contributed by atoms with Gasteiger partial charge in [-0.15, -0.1) is 0 Å². The van der Waals surface area contributed by atoms with Crippen LogP contribution in [0.3, 0.4) is 0 Å². The van der Waals surface area contributed by atoms with E-state index in [0.717, 1.165) is 0 Å². The minimum Gasteiger partial charge on any atom is -0.508 e. The maximum absolute atomic E-state index is 13.6. The SMILES string of the molecule is COCCCOc1cc(C(=O)N(C[C@H]2CNC[C@@H]2NS(=O)(=O)c2ccc(C)c(O)c2)C(C)C)ccc1OC. The molecular formula is C27H39N3O7S. The Hall–Kier alpha value is -2.86. The molecule has 2 aromatic carbocycles. The fourth-order valence-electron chi connectivity index (χ4n) is 4.34. The fourth-order valence-corrected chi connectivity index (χ4v) is 5.67. The van der Waals surface area contributed by atoms with E-state index in [1.54, 1.807) is 50.3 Å². The molecular weight excluding hydrogens is 510 g/mol. The number of aromatic hydroxyl groups is 1. The second kappa shape index (κ2) is 13.3. The van der Waals surface area contributed by atoms with Gasteiger partial charge >= 0.3 is 0 Å². The van der Waals surface area contributed by atoms with Crippen molar-refractivity contribution < 1.29 is 32.5 Å². The molecule has 1 saturated heterocycles. The van der Waals surface area contributed by atoms with Crippen molar-refractivity contribution >= 4 is 15.9 Å². The average molecular weight is 550 g/mol. The molecule has 1 aliphatic heterocycles. The molecule has 0 radical (unpaired) electrons. The Morgan fingerprint density at radius 3 is 2.55 bits per heavy atom. The van der Waals surface area contributed by atoms with E-state index < -0.39 is 16.1 Å². The zero-order valence-corrected chi connectivity index (χ0v) is 23.5. The van der Waals surface area contributed by atoms with E-state index in [1.807, 2.05) is 13.8 Å². The van der Waals surface area contributed by atoms with Crippen LogP contribution < -0.4 is 19.5 Å². The van der Waals surface area contributed by atoms with Crippen molar-refractivity contribution in [1.29, 1.82) is 0 Å². The molecule has 2 atom stereocenters. The van der Waals surface area contributed by atoms with Crippen LogP contribution in [0.15, 0.2) is 41.3 Å². The van der Waals surface area contributed by atoms with Gasteiger partial charge in [-0.1, -0.05) is 6.07 Å². The molecule has 1 aliphatic rings. The van der Waals surface area contributed by atoms with Crippen LogP contribution in [0.25, 0.3) is 0 Å². The van der Waals surface area contributed by atoms with Gasteiger partial charge in [-0.3, -0.25) is 4.79 Å². The molecule has 11 heteroatoms. The van der Waals surface area contributed by atoms with Gasteiger partial charge < -0.3 is 29.5 Å². The molecule has 0 saturated carbocycles. The lowest BCUT2D eigenvalue weighted by Gasteiger charge is -2.32. The van der Waals surface area contributed by atoms with Crippen molar-refractivity contribution in [3.05, 3.63) is 47.5 Å². The summed E-state index contributed by atoms with van der Waals surface area (Å²) in [4.78, 5) is 15.4. The molecule has 1 amide bonds. The van der Waals surface area contributed by atoms with E-state index in [1.165, 1.54) is 12.1 Å². The zero-order valence-electron chi connectivity index (χ0n) is 22.7. The molecule has 3 rings (SSSR count). The third kappa shape index (κ3) is 7.37. The molecule has 0 bridgehead atoms. The van der Waals surface area contributed by atoms with Crippen LogP contribution in [0.4, 0.5) is 0 Å². The maximum atomic E-state index is 13.6. The van der Waals surface area contributed by atoms with Crippen molar-refractivity contribution in [1.82, 2.24) is 14.9 Å². The standard InChI is InChI=1S/C27H39N3O7S/c1-18(2)30(27(32)20-8-10-25(36-5)26(13-20)37-12-6-11-35-4)17-21-15-28-16-23(21)29-38(33,34)22-9-7-19(3)24(31)14-22/h7-10,13-14,18,21,23,28-29,31H,6,11-12,15-17H2,1-5H3/t21-,23+/m1/s1. The van der Waals surface area contributed by atoms with Crippen molar-refractivity contribution in [3.8, 4) is 17.2 Å². The van der Waals surface area contributed by atoms with Gasteiger partial charge in [-0.2, -0.15) is 0 Å². The van der Waals surface area contributed by atoms with Crippen molar-refractivity contribution in [2.45, 2.75) is 44.2 Å². The van der Waals surface area contributed by atoms with Crippen LogP contribution >= 0.6 is 0 Å². The molecule has 210 valence electrons. The molecule has 0 unspecified atom stereocenters. The van der Waals surface area contributed by atoms with E-state index in [4.69, 9.17) is 14.2 Å². The third-order valence-corrected chi connectivity index (χ3v) is 8.10. The maximum Gasteiger partial charge on any atom is 0.254 e. The van der Waals surface area contributed by atoms with Crippen molar-refractivity contribution in [2.75, 3.05) is 47.1 Å². The number of nitrogens with zero attached hydrogens (tertiary/aromatic N) is 1. The Morgan fingerprint density at radius 2 is 1.89 bits per heavy atom. The number of amides is 1. The fraction of sp³-hybridized carbons (Fsp3) is 0.519. The quantitative estimate of drug-likeness (QED) is 0.326. The van der Waals surface area contributed by atoms with Crippen LogP contribution in [-0.4, -0.2) is 83.5 Å². The highest BCUT2D eigenvalue weighted by molar-refractivity contribution is 7.89. The lowest BCUT2D eigenvalue weighted by Crippen LogP contribution is -2.47. The highest BCUT2D eigenvalue weighted by Gasteiger charge is 2.34. The van der Waals surface area contributed by atoms with E-state index in [0.29, 0.717) is 61.9 Å². The first kappa shape index (κ1) is 29.7. The predicted molar refractivity (Wildman–Crippen MR) is 144 cm³/mol. The first-order chi connectivity index (χ1) is 18.1. The summed E-state index contributed by atoms with van der Waals surface area (Å²) in [7, 11) is -0.688. The Morgan fingerprint density at radius 1 is 1.13 bits per heavy atom. The summed E-state index contributed by atoms with van der Waals surface area (Å²) in [6.45, 7) is 7.89. The number of aryl methyl sites for hydroxylation is 1. The van der Waals surface area contributed by atoms with E-state index in [9.17, 15) is 18.3 Å². The van der Waals surface area contributed by atoms with Crippen LogP contribution in [0.2, 0.25) is 0 Å². The topological polar surface area (TPSA) is 126 Å². The van der Waals surface area contributed by atoms with Crippen LogP contribution in [0.5, 0.6) is 17.2 Å². The molecule has 38 heavy (non-hydrogen) atoms. The molecule has 3 N–H and O–H groups in total. The second-order valence-corrected chi connectivity index (χ2v) is 11.4. The number of phenols is 1. The third-order valence-electron chi connectivity index (χ3n) is 6.61. The number of hydrogen-bond donors (Lipinski definition) is 3. The van der Waals surface area contributed by atoms with Gasteiger partial charge in [0.05, 0.1) is 18.6 Å². The summed E-state index contributed by atoms with van der Waals surface area (Å²) in [5, 5.41) is 13.2. The number of phenolic OH excluding ortho intramolecular Hbond substituents is 1.